The molecule has 0 atom stereocenters. The molecule has 1 aliphatic heterocycles. The Morgan fingerprint density at radius 2 is 2.22 bits per heavy atom. The fourth-order valence-electron chi connectivity index (χ4n) is 1.52. The first-order valence-corrected chi connectivity index (χ1v) is 6.92. The number of hydrogen-bond donors (Lipinski definition) is 2. The number of fused-ring (bicyclic) bond motifs is 1. The fourth-order valence-corrected chi connectivity index (χ4v) is 2.29. The van der Waals surface area contributed by atoms with Crippen LogP contribution in [0.4, 0.5) is 5.69 Å². The summed E-state index contributed by atoms with van der Waals surface area (Å²) in [6.45, 7) is 0.901. The minimum atomic E-state index is -0.0177. The predicted molar refractivity (Wildman–Crippen MR) is 72.2 cm³/mol. The Morgan fingerprint density at radius 3 is 3.06 bits per heavy atom. The second-order valence-electron chi connectivity index (χ2n) is 3.81. The fraction of sp³-hybridized carbons (Fsp3) is 0.417. The van der Waals surface area contributed by atoms with E-state index in [1.165, 1.54) is 0 Å². The van der Waals surface area contributed by atoms with Crippen LogP contribution in [0.2, 0.25) is 0 Å². The Bertz CT molecular complexity index is 426. The Morgan fingerprint density at radius 1 is 1.39 bits per heavy atom. The number of rotatable bonds is 6. The number of thioether (sulfide) groups is 1. The first-order chi connectivity index (χ1) is 8.79. The van der Waals surface area contributed by atoms with E-state index >= 15 is 0 Å². The summed E-state index contributed by atoms with van der Waals surface area (Å²) in [5, 5.41) is 2.82. The molecule has 1 amide bonds. The van der Waals surface area contributed by atoms with E-state index in [1.54, 1.807) is 30.0 Å². The molecule has 1 aliphatic rings. The Kier molecular flexibility index (Phi) is 4.72. The van der Waals surface area contributed by atoms with Gasteiger partial charge in [0.05, 0.1) is 5.75 Å². The summed E-state index contributed by atoms with van der Waals surface area (Å²) in [7, 11) is 0. The number of carbonyl (C=O) groups excluding carboxylic acids is 1. The lowest BCUT2D eigenvalue weighted by molar-refractivity contribution is -0.113. The van der Waals surface area contributed by atoms with E-state index in [1.807, 2.05) is 0 Å². The highest BCUT2D eigenvalue weighted by Gasteiger charge is 2.13. The first-order valence-electron chi connectivity index (χ1n) is 5.77. The van der Waals surface area contributed by atoms with Crippen LogP contribution in [-0.2, 0) is 4.79 Å². The second-order valence-corrected chi connectivity index (χ2v) is 4.92. The van der Waals surface area contributed by atoms with Crippen molar-refractivity contribution in [2.45, 2.75) is 6.42 Å². The zero-order valence-electron chi connectivity index (χ0n) is 9.98. The quantitative estimate of drug-likeness (QED) is 0.764. The highest BCUT2D eigenvalue weighted by molar-refractivity contribution is 7.99. The van der Waals surface area contributed by atoms with Crippen LogP contribution < -0.4 is 20.5 Å². The van der Waals surface area contributed by atoms with E-state index in [0.717, 1.165) is 17.9 Å². The van der Waals surface area contributed by atoms with Crippen LogP contribution in [0.1, 0.15) is 6.42 Å². The van der Waals surface area contributed by atoms with Crippen LogP contribution in [0.5, 0.6) is 11.5 Å². The van der Waals surface area contributed by atoms with Gasteiger partial charge in [-0.1, -0.05) is 0 Å². The molecule has 1 aromatic carbocycles. The lowest BCUT2D eigenvalue weighted by Crippen LogP contribution is -2.14. The van der Waals surface area contributed by atoms with Crippen LogP contribution in [-0.4, -0.2) is 30.8 Å². The summed E-state index contributed by atoms with van der Waals surface area (Å²) < 4.78 is 10.4. The number of nitrogens with two attached hydrogens (primary N) is 1. The summed E-state index contributed by atoms with van der Waals surface area (Å²) in [6, 6.07) is 5.36. The van der Waals surface area contributed by atoms with Gasteiger partial charge in [0, 0.05) is 11.8 Å². The first kappa shape index (κ1) is 13.0. The van der Waals surface area contributed by atoms with Crippen LogP contribution in [0.3, 0.4) is 0 Å². The summed E-state index contributed by atoms with van der Waals surface area (Å²) in [5.41, 5.74) is 6.11. The van der Waals surface area contributed by atoms with Crippen molar-refractivity contribution in [3.8, 4) is 11.5 Å². The third kappa shape index (κ3) is 3.54. The van der Waals surface area contributed by atoms with Gasteiger partial charge in [-0.3, -0.25) is 4.79 Å². The lowest BCUT2D eigenvalue weighted by atomic mass is 10.3. The molecule has 1 heterocycles. The number of amides is 1. The smallest absolute Gasteiger partial charge is 0.234 e. The Hall–Kier alpha value is -1.40. The van der Waals surface area contributed by atoms with E-state index in [9.17, 15) is 4.79 Å². The summed E-state index contributed by atoms with van der Waals surface area (Å²) >= 11 is 1.58. The zero-order chi connectivity index (χ0) is 12.8. The van der Waals surface area contributed by atoms with E-state index < -0.39 is 0 Å². The number of nitrogens with one attached hydrogen (secondary N) is 1. The average molecular weight is 268 g/mol. The van der Waals surface area contributed by atoms with Gasteiger partial charge >= 0.3 is 0 Å². The molecule has 3 N–H and O–H groups in total. The second kappa shape index (κ2) is 6.51. The molecule has 0 aliphatic carbocycles. The monoisotopic (exact) mass is 268 g/mol. The molecule has 18 heavy (non-hydrogen) atoms. The van der Waals surface area contributed by atoms with Crippen molar-refractivity contribution in [2.75, 3.05) is 30.2 Å². The van der Waals surface area contributed by atoms with E-state index in [0.29, 0.717) is 23.8 Å². The van der Waals surface area contributed by atoms with E-state index in [2.05, 4.69) is 5.32 Å². The molecule has 2 rings (SSSR count). The minimum absolute atomic E-state index is 0.0177. The van der Waals surface area contributed by atoms with Crippen LogP contribution in [0.15, 0.2) is 18.2 Å². The van der Waals surface area contributed by atoms with Crippen LogP contribution >= 0.6 is 11.8 Å². The highest BCUT2D eigenvalue weighted by Crippen LogP contribution is 2.34. The number of carbonyl (C=O) groups is 1. The molecular formula is C12H16N2O3S. The summed E-state index contributed by atoms with van der Waals surface area (Å²) in [5.74, 6) is 2.71. The average Bonchev–Trinajstić information content (AvgIpc) is 2.82. The van der Waals surface area contributed by atoms with Crippen LogP contribution in [0.25, 0.3) is 0 Å². The molecule has 0 unspecified atom stereocenters. The maximum atomic E-state index is 11.6. The highest BCUT2D eigenvalue weighted by atomic mass is 32.2. The maximum Gasteiger partial charge on any atom is 0.234 e. The molecule has 0 radical (unpaired) electrons. The zero-order valence-corrected chi connectivity index (χ0v) is 10.8. The van der Waals surface area contributed by atoms with Gasteiger partial charge in [-0.05, 0) is 30.9 Å². The normalized spacial score (nSPS) is 12.5. The van der Waals surface area contributed by atoms with Gasteiger partial charge in [-0.25, -0.2) is 0 Å². The van der Waals surface area contributed by atoms with Gasteiger partial charge in [0.1, 0.15) is 0 Å². The van der Waals surface area contributed by atoms with Gasteiger partial charge in [0.15, 0.2) is 11.5 Å². The van der Waals surface area contributed by atoms with Crippen molar-refractivity contribution < 1.29 is 14.3 Å². The van der Waals surface area contributed by atoms with Crippen molar-refractivity contribution >= 4 is 23.4 Å². The maximum absolute atomic E-state index is 11.6. The minimum Gasteiger partial charge on any atom is -0.454 e. The van der Waals surface area contributed by atoms with Crippen LogP contribution in [0, 0.1) is 0 Å². The van der Waals surface area contributed by atoms with Crippen molar-refractivity contribution in [1.82, 2.24) is 0 Å². The standard InChI is InChI=1S/C12H16N2O3S/c13-4-1-5-18-7-12(15)14-9-2-3-10-11(6-9)17-8-16-10/h2-3,6H,1,4-5,7-8,13H2,(H,14,15). The van der Waals surface area contributed by atoms with Crippen molar-refractivity contribution in [1.29, 1.82) is 0 Å². The van der Waals surface area contributed by atoms with Gasteiger partial charge in [-0.15, -0.1) is 0 Å². The molecule has 0 saturated carbocycles. The molecular weight excluding hydrogens is 252 g/mol. The van der Waals surface area contributed by atoms with Gasteiger partial charge in [-0.2, -0.15) is 11.8 Å². The Balaban J connectivity index is 1.80. The van der Waals surface area contributed by atoms with Gasteiger partial charge < -0.3 is 20.5 Å². The van der Waals surface area contributed by atoms with E-state index in [-0.39, 0.29) is 12.7 Å². The lowest BCUT2D eigenvalue weighted by Gasteiger charge is -2.05. The molecule has 0 fully saturated rings. The molecule has 6 heteroatoms. The SMILES string of the molecule is NCCCSCC(=O)Nc1ccc2c(c1)OCO2. The third-order valence-corrected chi connectivity index (χ3v) is 3.43. The summed E-state index contributed by atoms with van der Waals surface area (Å²) in [4.78, 5) is 11.6. The third-order valence-electron chi connectivity index (χ3n) is 2.38. The molecule has 0 saturated heterocycles. The summed E-state index contributed by atoms with van der Waals surface area (Å²) in [6.07, 6.45) is 0.933. The molecule has 1 aromatic rings. The molecule has 0 spiro atoms. The number of hydrogen-bond acceptors (Lipinski definition) is 5. The molecule has 98 valence electrons. The van der Waals surface area contributed by atoms with Crippen molar-refractivity contribution in [3.05, 3.63) is 18.2 Å². The molecule has 0 aromatic heterocycles. The molecule has 5 nitrogen and oxygen atoms in total. The largest absolute Gasteiger partial charge is 0.454 e. The number of anilines is 1. The van der Waals surface area contributed by atoms with Crippen molar-refractivity contribution in [2.24, 2.45) is 5.73 Å². The molecule has 0 bridgehead atoms. The van der Waals surface area contributed by atoms with E-state index in [4.69, 9.17) is 15.2 Å². The topological polar surface area (TPSA) is 73.6 Å². The predicted octanol–water partition coefficient (Wildman–Crippen LogP) is 1.44. The van der Waals surface area contributed by atoms with Gasteiger partial charge in [0.2, 0.25) is 12.7 Å². The van der Waals surface area contributed by atoms with Crippen molar-refractivity contribution in [3.63, 3.8) is 0 Å². The number of benzene rings is 1. The Labute approximate surface area is 110 Å². The number of ether oxygens (including phenoxy) is 2. The van der Waals surface area contributed by atoms with Gasteiger partial charge in [0.25, 0.3) is 0 Å².